The van der Waals surface area contributed by atoms with Gasteiger partial charge in [0.2, 0.25) is 0 Å². The minimum absolute atomic E-state index is 0.0327. The van der Waals surface area contributed by atoms with Crippen LogP contribution in [0.3, 0.4) is 0 Å². The van der Waals surface area contributed by atoms with E-state index in [0.29, 0.717) is 36.0 Å². The van der Waals surface area contributed by atoms with Crippen LogP contribution in [0.15, 0.2) is 71.6 Å². The van der Waals surface area contributed by atoms with Crippen LogP contribution in [-0.2, 0) is 16.4 Å². The number of nitrogens with zero attached hydrogens (tertiary/aromatic N) is 6. The molecule has 9 nitrogen and oxygen atoms in total. The van der Waals surface area contributed by atoms with Gasteiger partial charge in [-0.05, 0) is 68.5 Å². The van der Waals surface area contributed by atoms with Crippen LogP contribution in [0.2, 0.25) is 0 Å². The highest BCUT2D eigenvalue weighted by Gasteiger charge is 2.34. The number of allylic oxidation sites excluding steroid dienone is 3. The second kappa shape index (κ2) is 11.9. The molecule has 42 heavy (non-hydrogen) atoms. The molecule has 0 unspecified atom stereocenters. The van der Waals surface area contributed by atoms with Gasteiger partial charge in [0, 0.05) is 37.7 Å². The summed E-state index contributed by atoms with van der Waals surface area (Å²) in [5, 5.41) is 4.54. The molecule has 3 aliphatic rings. The van der Waals surface area contributed by atoms with Crippen molar-refractivity contribution in [2.75, 3.05) is 32.4 Å². The number of piperidine rings is 1. The van der Waals surface area contributed by atoms with E-state index in [9.17, 15) is 17.6 Å². The Labute approximate surface area is 245 Å². The molecule has 220 valence electrons. The lowest BCUT2D eigenvalue weighted by atomic mass is 9.90. The first-order valence-corrected chi connectivity index (χ1v) is 16.4. The van der Waals surface area contributed by atoms with E-state index in [0.717, 1.165) is 68.8 Å². The Kier molecular flexibility index (Phi) is 8.04. The average molecular weight is 591 g/mol. The largest absolute Gasteiger partial charge is 0.338 e. The number of benzene rings is 1. The third-order valence-electron chi connectivity index (χ3n) is 8.54. The van der Waals surface area contributed by atoms with Crippen LogP contribution in [0, 0.1) is 11.7 Å². The lowest BCUT2D eigenvalue weighted by molar-refractivity contribution is 0.0786. The number of halogens is 1. The molecule has 1 amide bonds. The van der Waals surface area contributed by atoms with E-state index in [1.807, 2.05) is 17.0 Å². The predicted molar refractivity (Wildman–Crippen MR) is 156 cm³/mol. The van der Waals surface area contributed by atoms with E-state index < -0.39 is 15.7 Å². The number of likely N-dealkylation sites (tertiary alicyclic amines) is 2. The van der Waals surface area contributed by atoms with Gasteiger partial charge in [-0.2, -0.15) is 5.10 Å². The van der Waals surface area contributed by atoms with Crippen molar-refractivity contribution in [1.29, 1.82) is 0 Å². The Morgan fingerprint density at radius 2 is 1.69 bits per heavy atom. The maximum atomic E-state index is 13.9. The smallest absolute Gasteiger partial charge is 0.257 e. The van der Waals surface area contributed by atoms with Crippen LogP contribution in [0.4, 0.5) is 4.39 Å². The quantitative estimate of drug-likeness (QED) is 0.404. The molecule has 0 saturated carbocycles. The zero-order valence-electron chi connectivity index (χ0n) is 23.7. The number of aromatic nitrogens is 4. The van der Waals surface area contributed by atoms with Gasteiger partial charge in [-0.15, -0.1) is 0 Å². The summed E-state index contributed by atoms with van der Waals surface area (Å²) in [5.74, 6) is 0.0756. The molecule has 1 aliphatic carbocycles. The second-order valence-electron chi connectivity index (χ2n) is 11.4. The third kappa shape index (κ3) is 6.07. The lowest BCUT2D eigenvalue weighted by Crippen LogP contribution is -2.34. The van der Waals surface area contributed by atoms with Gasteiger partial charge in [0.15, 0.2) is 15.7 Å². The molecule has 0 N–H and O–H groups in total. The van der Waals surface area contributed by atoms with Crippen LogP contribution in [0.25, 0.3) is 5.95 Å². The summed E-state index contributed by atoms with van der Waals surface area (Å²) < 4.78 is 38.8. The molecule has 11 heteroatoms. The summed E-state index contributed by atoms with van der Waals surface area (Å²) in [4.78, 5) is 26.8. The van der Waals surface area contributed by atoms with Gasteiger partial charge in [0.25, 0.3) is 11.9 Å². The third-order valence-corrected chi connectivity index (χ3v) is 9.66. The van der Waals surface area contributed by atoms with Crippen LogP contribution < -0.4 is 0 Å². The normalized spacial score (nSPS) is 20.2. The number of hydrogen-bond donors (Lipinski definition) is 0. The molecule has 3 aromatic rings. The SMILES string of the molecule is CS(=O)(=O)c1ccc(CN2CCC(c3c(C(=O)N4CC[C@H](C5=CCCC=C5)C4)cnn3-c3ncc(F)cn3)CC2)cc1. The van der Waals surface area contributed by atoms with E-state index in [1.54, 1.807) is 23.0 Å². The van der Waals surface area contributed by atoms with Crippen LogP contribution in [0.1, 0.15) is 59.6 Å². The molecule has 1 atom stereocenters. The Balaban J connectivity index is 1.20. The number of rotatable bonds is 7. The van der Waals surface area contributed by atoms with Crippen molar-refractivity contribution in [1.82, 2.24) is 29.5 Å². The van der Waals surface area contributed by atoms with E-state index in [1.165, 1.54) is 11.8 Å². The summed E-state index contributed by atoms with van der Waals surface area (Å²) in [7, 11) is -3.23. The van der Waals surface area contributed by atoms with Gasteiger partial charge < -0.3 is 4.90 Å². The monoisotopic (exact) mass is 590 g/mol. The summed E-state index contributed by atoms with van der Waals surface area (Å²) in [6.45, 7) is 3.69. The van der Waals surface area contributed by atoms with Crippen molar-refractivity contribution < 1.29 is 17.6 Å². The molecule has 0 spiro atoms. The lowest BCUT2D eigenvalue weighted by Gasteiger charge is -2.32. The second-order valence-corrected chi connectivity index (χ2v) is 13.5. The molecule has 2 aliphatic heterocycles. The molecule has 2 saturated heterocycles. The number of sulfone groups is 1. The number of hydrogen-bond acceptors (Lipinski definition) is 7. The van der Waals surface area contributed by atoms with E-state index in [2.05, 4.69) is 38.2 Å². The topological polar surface area (TPSA) is 101 Å². The molecule has 2 fully saturated rings. The van der Waals surface area contributed by atoms with E-state index >= 15 is 0 Å². The fourth-order valence-electron chi connectivity index (χ4n) is 6.28. The highest BCUT2D eigenvalue weighted by molar-refractivity contribution is 7.90. The van der Waals surface area contributed by atoms with Crippen molar-refractivity contribution in [2.24, 2.45) is 5.92 Å². The van der Waals surface area contributed by atoms with Crippen molar-refractivity contribution in [3.05, 3.63) is 89.3 Å². The number of carbonyl (C=O) groups is 1. The van der Waals surface area contributed by atoms with Crippen LogP contribution >= 0.6 is 0 Å². The average Bonchev–Trinajstić information content (AvgIpc) is 3.67. The Morgan fingerprint density at radius 1 is 0.976 bits per heavy atom. The molecule has 0 bridgehead atoms. The molecule has 1 aromatic carbocycles. The standard InChI is InChI=1S/C31H35FN6O3S/c1-42(40,41)27-9-7-22(8-10-27)20-36-14-11-24(12-15-36)29-28(19-35-38(29)31-33-17-26(32)18-34-31)30(39)37-16-13-25(21-37)23-5-3-2-4-6-23/h3,5-10,17-19,24-25H,2,4,11-16,20-21H2,1H3/t25-/m0/s1. The van der Waals surface area contributed by atoms with E-state index in [-0.39, 0.29) is 17.8 Å². The van der Waals surface area contributed by atoms with Crippen molar-refractivity contribution in [2.45, 2.75) is 49.5 Å². The fraction of sp³-hybridized carbons (Fsp3) is 0.419. The zero-order valence-corrected chi connectivity index (χ0v) is 24.5. The number of amides is 1. The predicted octanol–water partition coefficient (Wildman–Crippen LogP) is 4.32. The van der Waals surface area contributed by atoms with E-state index in [4.69, 9.17) is 0 Å². The minimum Gasteiger partial charge on any atom is -0.338 e. The van der Waals surface area contributed by atoms with Gasteiger partial charge in [-0.3, -0.25) is 9.69 Å². The summed E-state index contributed by atoms with van der Waals surface area (Å²) >= 11 is 0. The summed E-state index contributed by atoms with van der Waals surface area (Å²) in [5.41, 5.74) is 3.72. The van der Waals surface area contributed by atoms with Crippen LogP contribution in [0.5, 0.6) is 0 Å². The van der Waals surface area contributed by atoms with Crippen molar-refractivity contribution in [3.8, 4) is 5.95 Å². The first-order valence-electron chi connectivity index (χ1n) is 14.5. The fourth-order valence-corrected chi connectivity index (χ4v) is 6.91. The maximum Gasteiger partial charge on any atom is 0.257 e. The number of carbonyl (C=O) groups excluding carboxylic acids is 1. The van der Waals surface area contributed by atoms with Gasteiger partial charge >= 0.3 is 0 Å². The Morgan fingerprint density at radius 3 is 2.36 bits per heavy atom. The van der Waals surface area contributed by atoms with Crippen LogP contribution in [-0.4, -0.2) is 76.3 Å². The summed E-state index contributed by atoms with van der Waals surface area (Å²) in [6.07, 6.45) is 16.4. The maximum absolute atomic E-state index is 13.9. The first kappa shape index (κ1) is 28.4. The van der Waals surface area contributed by atoms with Gasteiger partial charge in [0.05, 0.1) is 34.7 Å². The Bertz CT molecular complexity index is 1610. The van der Waals surface area contributed by atoms with Crippen molar-refractivity contribution in [3.63, 3.8) is 0 Å². The van der Waals surface area contributed by atoms with Gasteiger partial charge in [0.1, 0.15) is 0 Å². The van der Waals surface area contributed by atoms with Gasteiger partial charge in [-0.1, -0.05) is 30.4 Å². The Hall–Kier alpha value is -3.70. The summed E-state index contributed by atoms with van der Waals surface area (Å²) in [6, 6.07) is 7.03. The molecule has 0 radical (unpaired) electrons. The minimum atomic E-state index is -3.23. The molecule has 6 rings (SSSR count). The zero-order chi connectivity index (χ0) is 29.3. The molecule has 4 heterocycles. The first-order chi connectivity index (χ1) is 20.3. The molecular weight excluding hydrogens is 555 g/mol. The highest BCUT2D eigenvalue weighted by Crippen LogP contribution is 2.34. The van der Waals surface area contributed by atoms with Gasteiger partial charge in [-0.25, -0.2) is 27.5 Å². The highest BCUT2D eigenvalue weighted by atomic mass is 32.2. The van der Waals surface area contributed by atoms with Crippen molar-refractivity contribution >= 4 is 15.7 Å². The molecular formula is C31H35FN6O3S. The molecule has 2 aromatic heterocycles.